The van der Waals surface area contributed by atoms with Crippen molar-refractivity contribution in [3.05, 3.63) is 0 Å². The number of carbonyl (C=O) groups excluding carboxylic acids is 1. The van der Waals surface area contributed by atoms with Crippen LogP contribution in [0.25, 0.3) is 0 Å². The molecule has 0 aromatic heterocycles. The number of nitrogens with zero attached hydrogens (tertiary/aromatic N) is 1. The monoisotopic (exact) mass is 210 g/mol. The number of hydrogen-bond donors (Lipinski definition) is 1. The molecule has 2 saturated heterocycles. The highest BCUT2D eigenvalue weighted by atomic mass is 16.2. The number of nitrogens with one attached hydrogen (secondary N) is 1. The van der Waals surface area contributed by atoms with E-state index in [2.05, 4.69) is 31.0 Å². The van der Waals surface area contributed by atoms with E-state index in [9.17, 15) is 4.79 Å². The van der Waals surface area contributed by atoms with Gasteiger partial charge in [-0.1, -0.05) is 20.8 Å². The number of rotatable bonds is 1. The smallest absolute Gasteiger partial charge is 0.223 e. The number of likely N-dealkylation sites (tertiary alicyclic amines) is 1. The molecular formula is C12H22N2O. The van der Waals surface area contributed by atoms with Gasteiger partial charge in [-0.15, -0.1) is 0 Å². The quantitative estimate of drug-likeness (QED) is 0.706. The van der Waals surface area contributed by atoms with Gasteiger partial charge in [0.2, 0.25) is 5.91 Å². The lowest BCUT2D eigenvalue weighted by molar-refractivity contribution is -0.132. The fraction of sp³-hybridized carbons (Fsp3) is 0.917. The molecule has 2 heterocycles. The maximum Gasteiger partial charge on any atom is 0.223 e. The molecule has 0 aromatic rings. The summed E-state index contributed by atoms with van der Waals surface area (Å²) in [5.74, 6) is 0.339. The van der Waals surface area contributed by atoms with Crippen LogP contribution in [0.1, 0.15) is 33.6 Å². The van der Waals surface area contributed by atoms with E-state index >= 15 is 0 Å². The zero-order chi connectivity index (χ0) is 11.1. The van der Waals surface area contributed by atoms with Gasteiger partial charge in [-0.3, -0.25) is 4.79 Å². The van der Waals surface area contributed by atoms with Crippen molar-refractivity contribution in [2.24, 2.45) is 10.8 Å². The average Bonchev–Trinajstić information content (AvgIpc) is 2.43. The number of amides is 1. The Morgan fingerprint density at radius 2 is 2.07 bits per heavy atom. The Morgan fingerprint density at radius 3 is 2.47 bits per heavy atom. The highest BCUT2D eigenvalue weighted by molar-refractivity contribution is 5.77. The third-order valence-electron chi connectivity index (χ3n) is 3.47. The van der Waals surface area contributed by atoms with Crippen LogP contribution in [0, 0.1) is 10.8 Å². The van der Waals surface area contributed by atoms with Gasteiger partial charge in [0, 0.05) is 38.0 Å². The summed E-state index contributed by atoms with van der Waals surface area (Å²) in [7, 11) is 0. The van der Waals surface area contributed by atoms with Gasteiger partial charge in [0.05, 0.1) is 0 Å². The molecule has 0 radical (unpaired) electrons. The van der Waals surface area contributed by atoms with Crippen molar-refractivity contribution < 1.29 is 4.79 Å². The Hall–Kier alpha value is -0.570. The topological polar surface area (TPSA) is 32.3 Å². The average molecular weight is 210 g/mol. The van der Waals surface area contributed by atoms with Gasteiger partial charge in [-0.2, -0.15) is 0 Å². The lowest BCUT2D eigenvalue weighted by atomic mass is 9.81. The second-order valence-corrected chi connectivity index (χ2v) is 6.41. The Morgan fingerprint density at radius 1 is 1.40 bits per heavy atom. The molecule has 2 fully saturated rings. The SMILES string of the molecule is CC(C)(C)CC(=O)N1CCC2(CNC2)C1. The molecule has 1 spiro atoms. The minimum absolute atomic E-state index is 0.116. The van der Waals surface area contributed by atoms with E-state index in [1.165, 1.54) is 6.42 Å². The molecule has 2 aliphatic heterocycles. The maximum absolute atomic E-state index is 12.0. The second kappa shape index (κ2) is 3.48. The molecule has 15 heavy (non-hydrogen) atoms. The van der Waals surface area contributed by atoms with E-state index in [-0.39, 0.29) is 5.41 Å². The molecule has 3 heteroatoms. The van der Waals surface area contributed by atoms with Crippen molar-refractivity contribution in [3.63, 3.8) is 0 Å². The molecule has 0 aliphatic carbocycles. The first-order valence-electron chi connectivity index (χ1n) is 5.89. The summed E-state index contributed by atoms with van der Waals surface area (Å²) in [6, 6.07) is 0. The Labute approximate surface area is 92.2 Å². The Kier molecular flexibility index (Phi) is 2.53. The molecule has 1 amide bonds. The van der Waals surface area contributed by atoms with E-state index < -0.39 is 0 Å². The number of carbonyl (C=O) groups is 1. The van der Waals surface area contributed by atoms with Gasteiger partial charge in [-0.05, 0) is 11.8 Å². The summed E-state index contributed by atoms with van der Waals surface area (Å²) < 4.78 is 0. The third kappa shape index (κ3) is 2.33. The first-order chi connectivity index (χ1) is 6.90. The molecule has 0 unspecified atom stereocenters. The summed E-state index contributed by atoms with van der Waals surface area (Å²) in [5.41, 5.74) is 0.554. The maximum atomic E-state index is 12.0. The van der Waals surface area contributed by atoms with Crippen LogP contribution in [0.2, 0.25) is 0 Å². The molecule has 0 atom stereocenters. The first kappa shape index (κ1) is 10.9. The van der Waals surface area contributed by atoms with Crippen molar-refractivity contribution in [2.75, 3.05) is 26.2 Å². The minimum Gasteiger partial charge on any atom is -0.342 e. The highest BCUT2D eigenvalue weighted by Gasteiger charge is 2.44. The van der Waals surface area contributed by atoms with Gasteiger partial charge in [0.15, 0.2) is 0 Å². The van der Waals surface area contributed by atoms with E-state index in [0.717, 1.165) is 26.2 Å². The van der Waals surface area contributed by atoms with Crippen molar-refractivity contribution in [2.45, 2.75) is 33.6 Å². The highest BCUT2D eigenvalue weighted by Crippen LogP contribution is 2.35. The van der Waals surface area contributed by atoms with Crippen molar-refractivity contribution in [3.8, 4) is 0 Å². The predicted octanol–water partition coefficient (Wildman–Crippen LogP) is 1.24. The minimum atomic E-state index is 0.116. The molecule has 0 bridgehead atoms. The fourth-order valence-corrected chi connectivity index (χ4v) is 2.48. The Balaban J connectivity index is 1.88. The van der Waals surface area contributed by atoms with Crippen LogP contribution in [0.5, 0.6) is 0 Å². The third-order valence-corrected chi connectivity index (χ3v) is 3.47. The van der Waals surface area contributed by atoms with Crippen LogP contribution in [0.4, 0.5) is 0 Å². The van der Waals surface area contributed by atoms with Crippen LogP contribution < -0.4 is 5.32 Å². The first-order valence-corrected chi connectivity index (χ1v) is 5.89. The van der Waals surface area contributed by atoms with Crippen LogP contribution in [-0.2, 0) is 4.79 Å². The molecule has 1 N–H and O–H groups in total. The van der Waals surface area contributed by atoms with Crippen LogP contribution in [0.15, 0.2) is 0 Å². The summed E-state index contributed by atoms with van der Waals surface area (Å²) in [6.45, 7) is 10.5. The largest absolute Gasteiger partial charge is 0.342 e. The molecule has 0 aromatic carbocycles. The van der Waals surface area contributed by atoms with Crippen LogP contribution in [0.3, 0.4) is 0 Å². The molecular weight excluding hydrogens is 188 g/mol. The van der Waals surface area contributed by atoms with Crippen molar-refractivity contribution in [1.82, 2.24) is 10.2 Å². The summed E-state index contributed by atoms with van der Waals surface area (Å²) in [4.78, 5) is 14.1. The van der Waals surface area contributed by atoms with Crippen molar-refractivity contribution >= 4 is 5.91 Å². The summed E-state index contributed by atoms with van der Waals surface area (Å²) in [5, 5.41) is 3.31. The zero-order valence-corrected chi connectivity index (χ0v) is 10.1. The van der Waals surface area contributed by atoms with Gasteiger partial charge >= 0.3 is 0 Å². The zero-order valence-electron chi connectivity index (χ0n) is 10.1. The van der Waals surface area contributed by atoms with E-state index in [4.69, 9.17) is 0 Å². The van der Waals surface area contributed by atoms with E-state index in [1.54, 1.807) is 0 Å². The van der Waals surface area contributed by atoms with E-state index in [0.29, 0.717) is 17.7 Å². The molecule has 86 valence electrons. The van der Waals surface area contributed by atoms with Gasteiger partial charge in [0.25, 0.3) is 0 Å². The molecule has 2 aliphatic rings. The second-order valence-electron chi connectivity index (χ2n) is 6.41. The Bertz CT molecular complexity index is 263. The predicted molar refractivity (Wildman–Crippen MR) is 60.6 cm³/mol. The van der Waals surface area contributed by atoms with Gasteiger partial charge < -0.3 is 10.2 Å². The fourth-order valence-electron chi connectivity index (χ4n) is 2.48. The number of hydrogen-bond acceptors (Lipinski definition) is 2. The van der Waals surface area contributed by atoms with Crippen LogP contribution in [-0.4, -0.2) is 37.0 Å². The summed E-state index contributed by atoms with van der Waals surface area (Å²) >= 11 is 0. The summed E-state index contributed by atoms with van der Waals surface area (Å²) in [6.07, 6.45) is 1.87. The van der Waals surface area contributed by atoms with Gasteiger partial charge in [0.1, 0.15) is 0 Å². The molecule has 3 nitrogen and oxygen atoms in total. The van der Waals surface area contributed by atoms with E-state index in [1.807, 2.05) is 0 Å². The van der Waals surface area contributed by atoms with Crippen molar-refractivity contribution in [1.29, 1.82) is 0 Å². The normalized spacial score (nSPS) is 24.3. The lowest BCUT2D eigenvalue weighted by Crippen LogP contribution is -2.55. The molecule has 0 saturated carbocycles. The lowest BCUT2D eigenvalue weighted by Gasteiger charge is -2.39. The van der Waals surface area contributed by atoms with Crippen LogP contribution >= 0.6 is 0 Å². The standard InChI is InChI=1S/C12H22N2O/c1-11(2,3)6-10(15)14-5-4-12(9-14)7-13-8-12/h13H,4-9H2,1-3H3. The van der Waals surface area contributed by atoms with Gasteiger partial charge in [-0.25, -0.2) is 0 Å². The molecule has 2 rings (SSSR count).